The third-order valence-electron chi connectivity index (χ3n) is 3.30. The van der Waals surface area contributed by atoms with Gasteiger partial charge >= 0.3 is 0 Å². The summed E-state index contributed by atoms with van der Waals surface area (Å²) in [4.78, 5) is 5.74. The first kappa shape index (κ1) is 13.6. The number of nitrogen functional groups attached to an aromatic ring is 1. The molecule has 5 nitrogen and oxygen atoms in total. The predicted molar refractivity (Wildman–Crippen MR) is 86.0 cm³/mol. The van der Waals surface area contributed by atoms with Gasteiger partial charge in [0.1, 0.15) is 5.52 Å². The summed E-state index contributed by atoms with van der Waals surface area (Å²) in [5.74, 6) is 0.547. The number of hydrogen-bond donors (Lipinski definition) is 1. The largest absolute Gasteiger partial charge is 0.369 e. The van der Waals surface area contributed by atoms with E-state index in [4.69, 9.17) is 5.73 Å². The second-order valence-electron chi connectivity index (χ2n) is 4.74. The van der Waals surface area contributed by atoms with Crippen LogP contribution in [0, 0.1) is 0 Å². The topological polar surface area (TPSA) is 61.7 Å². The van der Waals surface area contributed by atoms with E-state index in [2.05, 4.69) is 44.4 Å². The molecule has 0 aliphatic carbocycles. The maximum absolute atomic E-state index is 6.10. The normalized spacial score (nSPS) is 11.6. The molecule has 0 bridgehead atoms. The molecule has 0 saturated carbocycles. The second-order valence-corrected chi connectivity index (χ2v) is 6.60. The van der Waals surface area contributed by atoms with Gasteiger partial charge in [-0.2, -0.15) is 5.10 Å². The predicted octanol–water partition coefficient (Wildman–Crippen LogP) is 3.18. The van der Waals surface area contributed by atoms with Crippen LogP contribution < -0.4 is 5.73 Å². The van der Waals surface area contributed by atoms with Crippen LogP contribution in [0.1, 0.15) is 23.9 Å². The Morgan fingerprint density at radius 1 is 1.45 bits per heavy atom. The highest BCUT2D eigenvalue weighted by Crippen LogP contribution is 2.28. The van der Waals surface area contributed by atoms with E-state index in [0.717, 1.165) is 34.2 Å². The number of aromatic nitrogens is 4. The molecule has 0 amide bonds. The Balaban J connectivity index is 2.11. The second kappa shape index (κ2) is 5.21. The number of aryl methyl sites for hydroxylation is 2. The third-order valence-corrected chi connectivity index (χ3v) is 5.21. The summed E-state index contributed by atoms with van der Waals surface area (Å²) in [5, 5.41) is 6.63. The monoisotopic (exact) mass is 353 g/mol. The van der Waals surface area contributed by atoms with Crippen LogP contribution in [0.2, 0.25) is 0 Å². The number of nitrogens with two attached hydrogens (primary N) is 1. The first-order valence-electron chi connectivity index (χ1n) is 6.51. The van der Waals surface area contributed by atoms with Crippen molar-refractivity contribution >= 4 is 44.4 Å². The molecule has 2 N–H and O–H groups in total. The number of thiophene rings is 1. The highest BCUT2D eigenvalue weighted by atomic mass is 79.9. The molecule has 0 aliphatic rings. The van der Waals surface area contributed by atoms with Gasteiger partial charge in [-0.05, 0) is 33.8 Å². The highest BCUT2D eigenvalue weighted by Gasteiger charge is 2.18. The van der Waals surface area contributed by atoms with Gasteiger partial charge in [-0.3, -0.25) is 9.25 Å². The number of anilines is 1. The SMILES string of the molecule is CCCc1nn(C)c2c1nc(N)n2Cc1sccc1Br. The van der Waals surface area contributed by atoms with Crippen LogP contribution >= 0.6 is 27.3 Å². The van der Waals surface area contributed by atoms with Crippen molar-refractivity contribution in [3.05, 3.63) is 26.5 Å². The lowest BCUT2D eigenvalue weighted by Gasteiger charge is -2.05. The average molecular weight is 354 g/mol. The van der Waals surface area contributed by atoms with Crippen molar-refractivity contribution in [1.82, 2.24) is 19.3 Å². The van der Waals surface area contributed by atoms with Crippen molar-refractivity contribution in [3.63, 3.8) is 0 Å². The van der Waals surface area contributed by atoms with Crippen LogP contribution in [0.4, 0.5) is 5.95 Å². The number of hydrogen-bond acceptors (Lipinski definition) is 4. The van der Waals surface area contributed by atoms with Crippen molar-refractivity contribution in [2.45, 2.75) is 26.3 Å². The molecule has 0 unspecified atom stereocenters. The molecule has 3 rings (SSSR count). The summed E-state index contributed by atoms with van der Waals surface area (Å²) in [5.41, 5.74) is 9.05. The van der Waals surface area contributed by atoms with Crippen LogP contribution in [-0.4, -0.2) is 19.3 Å². The summed E-state index contributed by atoms with van der Waals surface area (Å²) < 4.78 is 5.02. The maximum Gasteiger partial charge on any atom is 0.202 e. The fraction of sp³-hybridized carbons (Fsp3) is 0.385. The van der Waals surface area contributed by atoms with Crippen LogP contribution in [-0.2, 0) is 20.0 Å². The minimum Gasteiger partial charge on any atom is -0.369 e. The lowest BCUT2D eigenvalue weighted by atomic mass is 10.2. The van der Waals surface area contributed by atoms with Gasteiger partial charge in [0.2, 0.25) is 5.95 Å². The summed E-state index contributed by atoms with van der Waals surface area (Å²) in [6.07, 6.45) is 1.98. The zero-order valence-corrected chi connectivity index (χ0v) is 13.8. The number of rotatable bonds is 4. The van der Waals surface area contributed by atoms with Gasteiger partial charge in [0.05, 0.1) is 12.2 Å². The molecular weight excluding hydrogens is 338 g/mol. The van der Waals surface area contributed by atoms with E-state index in [1.165, 1.54) is 4.88 Å². The molecule has 20 heavy (non-hydrogen) atoms. The molecule has 0 aromatic carbocycles. The van der Waals surface area contributed by atoms with Crippen molar-refractivity contribution in [2.75, 3.05) is 5.73 Å². The smallest absolute Gasteiger partial charge is 0.202 e. The van der Waals surface area contributed by atoms with E-state index in [-0.39, 0.29) is 0 Å². The molecule has 0 fully saturated rings. The van der Waals surface area contributed by atoms with Crippen LogP contribution in [0.25, 0.3) is 11.2 Å². The molecule has 3 aromatic heterocycles. The van der Waals surface area contributed by atoms with E-state index >= 15 is 0 Å². The average Bonchev–Trinajstić information content (AvgIpc) is 3.02. The van der Waals surface area contributed by atoms with Crippen molar-refractivity contribution in [2.24, 2.45) is 7.05 Å². The quantitative estimate of drug-likeness (QED) is 0.783. The third kappa shape index (κ3) is 2.14. The molecular formula is C13H16BrN5S. The Morgan fingerprint density at radius 3 is 2.90 bits per heavy atom. The molecule has 7 heteroatoms. The summed E-state index contributed by atoms with van der Waals surface area (Å²) >= 11 is 5.27. The molecule has 106 valence electrons. The first-order valence-corrected chi connectivity index (χ1v) is 8.18. The molecule has 3 heterocycles. The van der Waals surface area contributed by atoms with Gasteiger partial charge in [0, 0.05) is 16.4 Å². The van der Waals surface area contributed by atoms with Crippen molar-refractivity contribution < 1.29 is 0 Å². The van der Waals surface area contributed by atoms with Gasteiger partial charge in [-0.1, -0.05) is 13.3 Å². The summed E-state index contributed by atoms with van der Waals surface area (Å²) in [6, 6.07) is 2.05. The fourth-order valence-electron chi connectivity index (χ4n) is 2.40. The Labute approximate surface area is 129 Å². The van der Waals surface area contributed by atoms with E-state index < -0.39 is 0 Å². The number of halogens is 1. The number of nitrogens with zero attached hydrogens (tertiary/aromatic N) is 4. The molecule has 3 aromatic rings. The van der Waals surface area contributed by atoms with E-state index in [0.29, 0.717) is 12.5 Å². The Kier molecular flexibility index (Phi) is 3.55. The Hall–Kier alpha value is -1.34. The Bertz CT molecular complexity index is 754. The zero-order chi connectivity index (χ0) is 14.3. The van der Waals surface area contributed by atoms with Gasteiger partial charge < -0.3 is 5.73 Å². The van der Waals surface area contributed by atoms with Gasteiger partial charge in [0.25, 0.3) is 0 Å². The molecule has 0 aliphatic heterocycles. The van der Waals surface area contributed by atoms with Crippen LogP contribution in [0.5, 0.6) is 0 Å². The summed E-state index contributed by atoms with van der Waals surface area (Å²) in [6.45, 7) is 2.86. The van der Waals surface area contributed by atoms with E-state index in [1.54, 1.807) is 11.3 Å². The maximum atomic E-state index is 6.10. The molecule has 0 spiro atoms. The molecule has 0 atom stereocenters. The lowest BCUT2D eigenvalue weighted by Crippen LogP contribution is -2.07. The summed E-state index contributed by atoms with van der Waals surface area (Å²) in [7, 11) is 1.95. The standard InChI is InChI=1S/C13H16BrN5S/c1-3-4-9-11-12(18(2)17-9)19(13(15)16-11)7-10-8(14)5-6-20-10/h5-6H,3-4,7H2,1-2H3,(H2,15,16). The van der Waals surface area contributed by atoms with Gasteiger partial charge in [-0.25, -0.2) is 4.98 Å². The number of imidazole rings is 1. The van der Waals surface area contributed by atoms with Crippen molar-refractivity contribution in [3.8, 4) is 0 Å². The van der Waals surface area contributed by atoms with E-state index in [1.807, 2.05) is 16.3 Å². The molecule has 0 radical (unpaired) electrons. The highest BCUT2D eigenvalue weighted by molar-refractivity contribution is 9.10. The lowest BCUT2D eigenvalue weighted by molar-refractivity contribution is 0.714. The van der Waals surface area contributed by atoms with Crippen molar-refractivity contribution in [1.29, 1.82) is 0 Å². The minimum atomic E-state index is 0.547. The van der Waals surface area contributed by atoms with Gasteiger partial charge in [-0.15, -0.1) is 11.3 Å². The minimum absolute atomic E-state index is 0.547. The fourth-order valence-corrected chi connectivity index (χ4v) is 3.87. The molecule has 0 saturated heterocycles. The Morgan fingerprint density at radius 2 is 2.25 bits per heavy atom. The zero-order valence-electron chi connectivity index (χ0n) is 11.4. The first-order chi connectivity index (χ1) is 9.61. The van der Waals surface area contributed by atoms with Gasteiger partial charge in [0.15, 0.2) is 5.65 Å². The number of fused-ring (bicyclic) bond motifs is 1. The van der Waals surface area contributed by atoms with Crippen LogP contribution in [0.15, 0.2) is 15.9 Å². The van der Waals surface area contributed by atoms with Crippen LogP contribution in [0.3, 0.4) is 0 Å². The van der Waals surface area contributed by atoms with E-state index in [9.17, 15) is 0 Å².